The van der Waals surface area contributed by atoms with Gasteiger partial charge in [-0.2, -0.15) is 0 Å². The summed E-state index contributed by atoms with van der Waals surface area (Å²) in [6.07, 6.45) is 5.50. The molecule has 0 saturated carbocycles. The largest absolute Gasteiger partial charge is 0.388 e. The van der Waals surface area contributed by atoms with E-state index in [2.05, 4.69) is 9.89 Å². The van der Waals surface area contributed by atoms with E-state index >= 15 is 0 Å². The molecule has 1 rings (SSSR count). The Morgan fingerprint density at radius 3 is 2.38 bits per heavy atom. The molecule has 0 aromatic heterocycles. The van der Waals surface area contributed by atoms with E-state index in [1.807, 2.05) is 6.92 Å². The van der Waals surface area contributed by atoms with Crippen LogP contribution in [0.3, 0.4) is 0 Å². The highest BCUT2D eigenvalue weighted by atomic mass is 15.1. The molecule has 0 amide bonds. The molecule has 1 aliphatic rings. The smallest absolute Gasteiger partial charge is 0.0906 e. The zero-order chi connectivity index (χ0) is 9.52. The first-order valence-corrected chi connectivity index (χ1v) is 5.28. The number of nitrogens with zero attached hydrogens (tertiary/aromatic N) is 2. The first kappa shape index (κ1) is 10.5. The summed E-state index contributed by atoms with van der Waals surface area (Å²) in [4.78, 5) is 6.70. The molecule has 0 aromatic rings. The van der Waals surface area contributed by atoms with E-state index in [1.54, 1.807) is 0 Å². The molecular formula is C10H21N3. The van der Waals surface area contributed by atoms with Gasteiger partial charge in [0, 0.05) is 6.54 Å². The first-order valence-electron chi connectivity index (χ1n) is 5.28. The third-order valence-electron chi connectivity index (χ3n) is 2.48. The number of nitrogens with two attached hydrogens (primary N) is 1. The molecule has 0 unspecified atom stereocenters. The van der Waals surface area contributed by atoms with Gasteiger partial charge in [0.05, 0.1) is 12.4 Å². The monoisotopic (exact) mass is 183 g/mol. The number of hydrogen-bond acceptors (Lipinski definition) is 2. The van der Waals surface area contributed by atoms with E-state index in [0.717, 1.165) is 13.1 Å². The van der Waals surface area contributed by atoms with E-state index in [0.29, 0.717) is 5.84 Å². The quantitative estimate of drug-likeness (QED) is 0.528. The fourth-order valence-corrected chi connectivity index (χ4v) is 1.73. The van der Waals surface area contributed by atoms with Crippen molar-refractivity contribution in [3.8, 4) is 0 Å². The van der Waals surface area contributed by atoms with E-state index < -0.39 is 0 Å². The van der Waals surface area contributed by atoms with Crippen molar-refractivity contribution in [2.75, 3.05) is 26.2 Å². The van der Waals surface area contributed by atoms with Gasteiger partial charge >= 0.3 is 0 Å². The van der Waals surface area contributed by atoms with E-state index in [4.69, 9.17) is 5.73 Å². The fraction of sp³-hybridized carbons (Fsp3) is 0.900. The van der Waals surface area contributed by atoms with Crippen LogP contribution < -0.4 is 5.73 Å². The van der Waals surface area contributed by atoms with Crippen molar-refractivity contribution < 1.29 is 0 Å². The molecule has 3 heteroatoms. The molecule has 2 N–H and O–H groups in total. The highest BCUT2D eigenvalue weighted by molar-refractivity contribution is 5.77. The topological polar surface area (TPSA) is 41.6 Å². The molecule has 0 bridgehead atoms. The Morgan fingerprint density at radius 1 is 1.23 bits per heavy atom. The predicted molar refractivity (Wildman–Crippen MR) is 57.1 cm³/mol. The lowest BCUT2D eigenvalue weighted by Gasteiger charge is -2.18. The number of aliphatic imine (C=N–C) groups is 1. The van der Waals surface area contributed by atoms with Gasteiger partial charge in [-0.15, -0.1) is 0 Å². The lowest BCUT2D eigenvalue weighted by molar-refractivity contribution is 0.293. The van der Waals surface area contributed by atoms with Gasteiger partial charge in [0.15, 0.2) is 0 Å². The van der Waals surface area contributed by atoms with Gasteiger partial charge in [-0.1, -0.05) is 12.8 Å². The Balaban J connectivity index is 2.15. The normalized spacial score (nSPS) is 21.5. The van der Waals surface area contributed by atoms with Gasteiger partial charge in [0.25, 0.3) is 0 Å². The zero-order valence-corrected chi connectivity index (χ0v) is 8.63. The zero-order valence-electron chi connectivity index (χ0n) is 8.63. The Kier molecular flexibility index (Phi) is 4.83. The van der Waals surface area contributed by atoms with Crippen molar-refractivity contribution in [1.82, 2.24) is 4.90 Å². The molecule has 0 radical (unpaired) electrons. The summed E-state index contributed by atoms with van der Waals surface area (Å²) in [5.74, 6) is 0.704. The van der Waals surface area contributed by atoms with Gasteiger partial charge < -0.3 is 10.6 Å². The average Bonchev–Trinajstić information content (AvgIpc) is 2.32. The van der Waals surface area contributed by atoms with Crippen LogP contribution in [-0.4, -0.2) is 36.9 Å². The molecule has 0 aromatic carbocycles. The predicted octanol–water partition coefficient (Wildman–Crippen LogP) is 1.24. The van der Waals surface area contributed by atoms with Gasteiger partial charge in [-0.25, -0.2) is 0 Å². The van der Waals surface area contributed by atoms with Crippen molar-refractivity contribution in [2.24, 2.45) is 10.7 Å². The van der Waals surface area contributed by atoms with Gasteiger partial charge in [0.2, 0.25) is 0 Å². The molecule has 3 nitrogen and oxygen atoms in total. The number of amidine groups is 1. The van der Waals surface area contributed by atoms with E-state index in [1.165, 1.54) is 38.8 Å². The van der Waals surface area contributed by atoms with Gasteiger partial charge in [-0.05, 0) is 32.9 Å². The standard InChI is InChI=1S/C10H21N3/c1-10(11)12-6-9-13-7-4-2-3-5-8-13/h2-9H2,1H3,(H2,11,12). The molecule has 1 saturated heterocycles. The molecule has 1 fully saturated rings. The molecule has 13 heavy (non-hydrogen) atoms. The maximum absolute atomic E-state index is 5.47. The molecule has 0 spiro atoms. The highest BCUT2D eigenvalue weighted by Crippen LogP contribution is 2.08. The van der Waals surface area contributed by atoms with Crippen LogP contribution in [0.4, 0.5) is 0 Å². The summed E-state index contributed by atoms with van der Waals surface area (Å²) >= 11 is 0. The minimum atomic E-state index is 0.704. The molecule has 76 valence electrons. The minimum absolute atomic E-state index is 0.704. The van der Waals surface area contributed by atoms with Crippen LogP contribution in [0.1, 0.15) is 32.6 Å². The summed E-state index contributed by atoms with van der Waals surface area (Å²) < 4.78 is 0. The maximum Gasteiger partial charge on any atom is 0.0906 e. The minimum Gasteiger partial charge on any atom is -0.388 e. The van der Waals surface area contributed by atoms with E-state index in [-0.39, 0.29) is 0 Å². The summed E-state index contributed by atoms with van der Waals surface area (Å²) in [6.45, 7) is 6.29. The van der Waals surface area contributed by atoms with Crippen molar-refractivity contribution in [1.29, 1.82) is 0 Å². The second-order valence-electron chi connectivity index (χ2n) is 3.78. The van der Waals surface area contributed by atoms with Crippen LogP contribution in [0.25, 0.3) is 0 Å². The third kappa shape index (κ3) is 4.88. The van der Waals surface area contributed by atoms with Crippen molar-refractivity contribution in [3.63, 3.8) is 0 Å². The lowest BCUT2D eigenvalue weighted by atomic mass is 10.2. The maximum atomic E-state index is 5.47. The second kappa shape index (κ2) is 5.97. The van der Waals surface area contributed by atoms with Crippen LogP contribution in [-0.2, 0) is 0 Å². The van der Waals surface area contributed by atoms with Crippen LogP contribution >= 0.6 is 0 Å². The summed E-state index contributed by atoms with van der Waals surface area (Å²) in [5.41, 5.74) is 5.47. The summed E-state index contributed by atoms with van der Waals surface area (Å²) in [6, 6.07) is 0. The van der Waals surface area contributed by atoms with E-state index in [9.17, 15) is 0 Å². The van der Waals surface area contributed by atoms with Crippen LogP contribution in [0.5, 0.6) is 0 Å². The first-order chi connectivity index (χ1) is 6.29. The Bertz CT molecular complexity index is 154. The third-order valence-corrected chi connectivity index (χ3v) is 2.48. The van der Waals surface area contributed by atoms with Crippen molar-refractivity contribution in [3.05, 3.63) is 0 Å². The van der Waals surface area contributed by atoms with Crippen molar-refractivity contribution >= 4 is 5.84 Å². The molecule has 0 aliphatic carbocycles. The van der Waals surface area contributed by atoms with Gasteiger partial charge in [0.1, 0.15) is 0 Å². The molecule has 0 atom stereocenters. The number of hydrogen-bond donors (Lipinski definition) is 1. The molecule has 1 heterocycles. The number of likely N-dealkylation sites (tertiary alicyclic amines) is 1. The average molecular weight is 183 g/mol. The summed E-state index contributed by atoms with van der Waals surface area (Å²) in [7, 11) is 0. The van der Waals surface area contributed by atoms with Crippen LogP contribution in [0, 0.1) is 0 Å². The van der Waals surface area contributed by atoms with Crippen LogP contribution in [0.2, 0.25) is 0 Å². The van der Waals surface area contributed by atoms with Crippen molar-refractivity contribution in [2.45, 2.75) is 32.6 Å². The Hall–Kier alpha value is -0.570. The Morgan fingerprint density at radius 2 is 1.85 bits per heavy atom. The number of rotatable bonds is 3. The fourth-order valence-electron chi connectivity index (χ4n) is 1.73. The molecule has 1 aliphatic heterocycles. The lowest BCUT2D eigenvalue weighted by Crippen LogP contribution is -2.27. The summed E-state index contributed by atoms with van der Waals surface area (Å²) in [5, 5.41) is 0. The highest BCUT2D eigenvalue weighted by Gasteiger charge is 2.07. The molecular weight excluding hydrogens is 162 g/mol. The van der Waals surface area contributed by atoms with Gasteiger partial charge in [-0.3, -0.25) is 4.99 Å². The Labute approximate surface area is 81.0 Å². The SMILES string of the molecule is CC(N)=NCCN1CCCCCC1. The van der Waals surface area contributed by atoms with Crippen LogP contribution in [0.15, 0.2) is 4.99 Å². The second-order valence-corrected chi connectivity index (χ2v) is 3.78.